The van der Waals surface area contributed by atoms with Gasteiger partial charge in [0.25, 0.3) is 0 Å². The molecule has 0 heterocycles. The smallest absolute Gasteiger partial charge is 0.236 e. The summed E-state index contributed by atoms with van der Waals surface area (Å²) in [6.45, 7) is 7.37. The van der Waals surface area contributed by atoms with Gasteiger partial charge in [0.2, 0.25) is 11.8 Å². The first kappa shape index (κ1) is 19.1. The Morgan fingerprint density at radius 3 is 2.22 bits per heavy atom. The van der Waals surface area contributed by atoms with E-state index >= 15 is 0 Å². The van der Waals surface area contributed by atoms with Crippen molar-refractivity contribution in [3.05, 3.63) is 35.6 Å². The van der Waals surface area contributed by atoms with Gasteiger partial charge in [0.05, 0.1) is 19.1 Å². The summed E-state index contributed by atoms with van der Waals surface area (Å²) in [7, 11) is 1.74. The van der Waals surface area contributed by atoms with Crippen molar-refractivity contribution in [3.63, 3.8) is 0 Å². The highest BCUT2D eigenvalue weighted by Gasteiger charge is 2.16. The molecule has 23 heavy (non-hydrogen) atoms. The van der Waals surface area contributed by atoms with E-state index in [4.69, 9.17) is 0 Å². The third-order valence-corrected chi connectivity index (χ3v) is 3.68. The Morgan fingerprint density at radius 1 is 1.13 bits per heavy atom. The minimum Gasteiger partial charge on any atom is -0.348 e. The van der Waals surface area contributed by atoms with Crippen molar-refractivity contribution in [2.24, 2.45) is 0 Å². The Bertz CT molecular complexity index is 515. The summed E-state index contributed by atoms with van der Waals surface area (Å²) in [5.41, 5.74) is 0.835. The Kier molecular flexibility index (Phi) is 7.68. The van der Waals surface area contributed by atoms with E-state index in [-0.39, 0.29) is 36.8 Å². The molecule has 1 atom stereocenters. The number of halogens is 1. The van der Waals surface area contributed by atoms with Gasteiger partial charge in [-0.25, -0.2) is 4.39 Å². The van der Waals surface area contributed by atoms with Crippen LogP contribution in [0.2, 0.25) is 0 Å². The summed E-state index contributed by atoms with van der Waals surface area (Å²) < 4.78 is 12.9. The summed E-state index contributed by atoms with van der Waals surface area (Å²) in [4.78, 5) is 27.5. The summed E-state index contributed by atoms with van der Waals surface area (Å²) in [6.07, 6.45) is 0. The van der Waals surface area contributed by atoms with Gasteiger partial charge in [-0.05, 0) is 45.5 Å². The van der Waals surface area contributed by atoms with Crippen LogP contribution in [0.25, 0.3) is 0 Å². The molecule has 1 aromatic carbocycles. The van der Waals surface area contributed by atoms with Crippen LogP contribution in [0, 0.1) is 5.82 Å². The quantitative estimate of drug-likeness (QED) is 0.794. The van der Waals surface area contributed by atoms with Crippen LogP contribution >= 0.6 is 0 Å². The second-order valence-electron chi connectivity index (χ2n) is 5.58. The lowest BCUT2D eigenvalue weighted by atomic mass is 10.1. The molecule has 1 rings (SSSR count). The molecule has 0 aliphatic rings. The SMILES string of the molecule is CCN(CC)C(=O)CN(C)CC(=O)N[C@@H](C)c1ccc(F)cc1. The Balaban J connectivity index is 2.46. The lowest BCUT2D eigenvalue weighted by molar-refractivity contribution is -0.132. The third-order valence-electron chi connectivity index (χ3n) is 3.68. The van der Waals surface area contributed by atoms with Crippen LogP contribution in [0.15, 0.2) is 24.3 Å². The van der Waals surface area contributed by atoms with Gasteiger partial charge in [0, 0.05) is 13.1 Å². The minimum atomic E-state index is -0.304. The fraction of sp³-hybridized carbons (Fsp3) is 0.529. The molecule has 0 spiro atoms. The van der Waals surface area contributed by atoms with Gasteiger partial charge >= 0.3 is 0 Å². The zero-order valence-corrected chi connectivity index (χ0v) is 14.3. The van der Waals surface area contributed by atoms with Crippen molar-refractivity contribution < 1.29 is 14.0 Å². The van der Waals surface area contributed by atoms with E-state index in [1.165, 1.54) is 12.1 Å². The maximum Gasteiger partial charge on any atom is 0.236 e. The molecule has 0 saturated carbocycles. The van der Waals surface area contributed by atoms with E-state index in [0.717, 1.165) is 5.56 Å². The predicted octanol–water partition coefficient (Wildman–Crippen LogP) is 1.80. The standard InChI is InChI=1S/C17H26FN3O2/c1-5-21(6-2)17(23)12-20(4)11-16(22)19-13(3)14-7-9-15(18)10-8-14/h7-10,13H,5-6,11-12H2,1-4H3,(H,19,22)/t13-/m0/s1. The molecule has 5 nitrogen and oxygen atoms in total. The molecule has 0 aliphatic heterocycles. The molecule has 128 valence electrons. The largest absolute Gasteiger partial charge is 0.348 e. The van der Waals surface area contributed by atoms with Crippen LogP contribution in [0.4, 0.5) is 4.39 Å². The molecule has 6 heteroatoms. The fourth-order valence-corrected chi connectivity index (χ4v) is 2.33. The van der Waals surface area contributed by atoms with Crippen molar-refractivity contribution in [1.29, 1.82) is 0 Å². The fourth-order valence-electron chi connectivity index (χ4n) is 2.33. The van der Waals surface area contributed by atoms with Gasteiger partial charge in [0.15, 0.2) is 0 Å². The van der Waals surface area contributed by atoms with Crippen molar-refractivity contribution in [3.8, 4) is 0 Å². The molecule has 1 N–H and O–H groups in total. The van der Waals surface area contributed by atoms with Gasteiger partial charge < -0.3 is 10.2 Å². The normalized spacial score (nSPS) is 12.1. The predicted molar refractivity (Wildman–Crippen MR) is 88.4 cm³/mol. The summed E-state index contributed by atoms with van der Waals surface area (Å²) in [5, 5.41) is 2.85. The van der Waals surface area contributed by atoms with Crippen LogP contribution in [-0.2, 0) is 9.59 Å². The number of carbonyl (C=O) groups excluding carboxylic acids is 2. The highest BCUT2D eigenvalue weighted by atomic mass is 19.1. The highest BCUT2D eigenvalue weighted by molar-refractivity contribution is 5.81. The number of benzene rings is 1. The summed E-state index contributed by atoms with van der Waals surface area (Å²) in [5.74, 6) is -0.463. The minimum absolute atomic E-state index is 0.0110. The number of nitrogens with zero attached hydrogens (tertiary/aromatic N) is 2. The number of likely N-dealkylation sites (N-methyl/N-ethyl adjacent to an activating group) is 2. The van der Waals surface area contributed by atoms with E-state index in [2.05, 4.69) is 5.32 Å². The maximum absolute atomic E-state index is 12.9. The Labute approximate surface area is 137 Å². The number of rotatable bonds is 8. The first-order valence-corrected chi connectivity index (χ1v) is 7.88. The van der Waals surface area contributed by atoms with Crippen LogP contribution in [-0.4, -0.2) is 54.8 Å². The van der Waals surface area contributed by atoms with Crippen molar-refractivity contribution in [2.45, 2.75) is 26.8 Å². The van der Waals surface area contributed by atoms with Gasteiger partial charge in [-0.3, -0.25) is 14.5 Å². The van der Waals surface area contributed by atoms with E-state index in [1.807, 2.05) is 20.8 Å². The zero-order valence-electron chi connectivity index (χ0n) is 14.3. The van der Waals surface area contributed by atoms with E-state index in [9.17, 15) is 14.0 Å². The molecule has 1 aromatic rings. The van der Waals surface area contributed by atoms with Crippen LogP contribution in [0.5, 0.6) is 0 Å². The number of hydrogen-bond donors (Lipinski definition) is 1. The molecule has 0 radical (unpaired) electrons. The summed E-state index contributed by atoms with van der Waals surface area (Å²) in [6, 6.07) is 5.82. The lowest BCUT2D eigenvalue weighted by Crippen LogP contribution is -2.43. The first-order valence-electron chi connectivity index (χ1n) is 7.88. The van der Waals surface area contributed by atoms with Gasteiger partial charge in [-0.15, -0.1) is 0 Å². The molecule has 0 unspecified atom stereocenters. The molecular formula is C17H26FN3O2. The van der Waals surface area contributed by atoms with Crippen LogP contribution in [0.3, 0.4) is 0 Å². The molecule has 0 aliphatic carbocycles. The van der Waals surface area contributed by atoms with Gasteiger partial charge in [0.1, 0.15) is 5.82 Å². The number of carbonyl (C=O) groups is 2. The van der Waals surface area contributed by atoms with Gasteiger partial charge in [-0.1, -0.05) is 12.1 Å². The third kappa shape index (κ3) is 6.36. The van der Waals surface area contributed by atoms with Crippen LogP contribution in [0.1, 0.15) is 32.4 Å². The second-order valence-corrected chi connectivity index (χ2v) is 5.58. The Morgan fingerprint density at radius 2 is 1.70 bits per heavy atom. The number of hydrogen-bond acceptors (Lipinski definition) is 3. The molecular weight excluding hydrogens is 297 g/mol. The van der Waals surface area contributed by atoms with Gasteiger partial charge in [-0.2, -0.15) is 0 Å². The van der Waals surface area contributed by atoms with E-state index in [1.54, 1.807) is 29.0 Å². The first-order chi connectivity index (χ1) is 10.9. The van der Waals surface area contributed by atoms with Crippen molar-refractivity contribution in [1.82, 2.24) is 15.1 Å². The molecule has 0 fully saturated rings. The van der Waals surface area contributed by atoms with Crippen LogP contribution < -0.4 is 5.32 Å². The highest BCUT2D eigenvalue weighted by Crippen LogP contribution is 2.12. The summed E-state index contributed by atoms with van der Waals surface area (Å²) >= 11 is 0. The second kappa shape index (κ2) is 9.25. The topological polar surface area (TPSA) is 52.7 Å². The molecule has 0 bridgehead atoms. The maximum atomic E-state index is 12.9. The van der Waals surface area contributed by atoms with E-state index < -0.39 is 0 Å². The molecule has 0 aromatic heterocycles. The van der Waals surface area contributed by atoms with Crippen molar-refractivity contribution >= 4 is 11.8 Å². The van der Waals surface area contributed by atoms with Crippen molar-refractivity contribution in [2.75, 3.05) is 33.2 Å². The lowest BCUT2D eigenvalue weighted by Gasteiger charge is -2.23. The number of nitrogens with one attached hydrogen (secondary N) is 1. The average Bonchev–Trinajstić information content (AvgIpc) is 2.48. The molecule has 2 amide bonds. The molecule has 0 saturated heterocycles. The van der Waals surface area contributed by atoms with E-state index in [0.29, 0.717) is 13.1 Å². The Hall–Kier alpha value is -1.95. The zero-order chi connectivity index (χ0) is 17.4. The monoisotopic (exact) mass is 323 g/mol. The number of amides is 2. The average molecular weight is 323 g/mol.